The SMILES string of the molecule is O=C(O)Cn1nc(-c2ccnc3ccccc23)c2c(I)cccc21. The number of hydrogen-bond acceptors (Lipinski definition) is 3. The first-order chi connectivity index (χ1) is 11.6. The van der Waals surface area contributed by atoms with Crippen molar-refractivity contribution in [2.75, 3.05) is 0 Å². The third-order valence-corrected chi connectivity index (χ3v) is 4.82. The standard InChI is InChI=1S/C18H12IN3O2/c19-13-5-3-7-15-17(13)18(21-22(15)10-16(23)24)12-8-9-20-14-6-2-1-4-11(12)14/h1-9H,10H2,(H,23,24). The summed E-state index contributed by atoms with van der Waals surface area (Å²) in [5.74, 6) is -0.913. The number of aromatic nitrogens is 3. The summed E-state index contributed by atoms with van der Waals surface area (Å²) in [5, 5.41) is 15.8. The second kappa shape index (κ2) is 5.86. The molecular formula is C18H12IN3O2. The average molecular weight is 429 g/mol. The Kier molecular flexibility index (Phi) is 3.68. The number of carbonyl (C=O) groups is 1. The van der Waals surface area contributed by atoms with Crippen LogP contribution in [0, 0.1) is 3.57 Å². The van der Waals surface area contributed by atoms with Gasteiger partial charge < -0.3 is 5.11 Å². The topological polar surface area (TPSA) is 68.0 Å². The molecule has 0 saturated carbocycles. The Labute approximate surface area is 151 Å². The van der Waals surface area contributed by atoms with Crippen molar-refractivity contribution < 1.29 is 9.90 Å². The van der Waals surface area contributed by atoms with Crippen LogP contribution in [0.2, 0.25) is 0 Å². The third kappa shape index (κ3) is 2.43. The van der Waals surface area contributed by atoms with Crippen LogP contribution >= 0.6 is 22.6 Å². The molecule has 5 nitrogen and oxygen atoms in total. The van der Waals surface area contributed by atoms with Gasteiger partial charge in [0.2, 0.25) is 0 Å². The number of halogens is 1. The van der Waals surface area contributed by atoms with Crippen molar-refractivity contribution in [3.63, 3.8) is 0 Å². The van der Waals surface area contributed by atoms with Crippen molar-refractivity contribution in [2.45, 2.75) is 6.54 Å². The number of rotatable bonds is 3. The van der Waals surface area contributed by atoms with E-state index in [1.165, 1.54) is 0 Å². The molecule has 0 amide bonds. The molecule has 4 rings (SSSR count). The van der Waals surface area contributed by atoms with Gasteiger partial charge in [0.1, 0.15) is 12.2 Å². The van der Waals surface area contributed by atoms with Crippen LogP contribution in [-0.4, -0.2) is 25.8 Å². The molecule has 0 fully saturated rings. The molecule has 0 bridgehead atoms. The lowest BCUT2D eigenvalue weighted by molar-refractivity contribution is -0.137. The molecule has 118 valence electrons. The minimum Gasteiger partial charge on any atom is -0.480 e. The van der Waals surface area contributed by atoms with E-state index in [-0.39, 0.29) is 6.54 Å². The Hall–Kier alpha value is -2.48. The first kappa shape index (κ1) is 15.1. The molecule has 1 N–H and O–H groups in total. The molecule has 0 unspecified atom stereocenters. The summed E-state index contributed by atoms with van der Waals surface area (Å²) in [5.41, 5.74) is 3.45. The molecular weight excluding hydrogens is 417 g/mol. The van der Waals surface area contributed by atoms with Gasteiger partial charge in [-0.2, -0.15) is 5.10 Å². The predicted molar refractivity (Wildman–Crippen MR) is 101 cm³/mol. The van der Waals surface area contributed by atoms with Gasteiger partial charge in [-0.05, 0) is 46.9 Å². The van der Waals surface area contributed by atoms with Crippen LogP contribution in [0.3, 0.4) is 0 Å². The summed E-state index contributed by atoms with van der Waals surface area (Å²) < 4.78 is 2.59. The number of benzene rings is 2. The van der Waals surface area contributed by atoms with E-state index in [1.54, 1.807) is 10.9 Å². The van der Waals surface area contributed by atoms with E-state index in [0.29, 0.717) is 0 Å². The minimum atomic E-state index is -0.913. The van der Waals surface area contributed by atoms with Crippen LogP contribution in [0.5, 0.6) is 0 Å². The third-order valence-electron chi connectivity index (χ3n) is 3.92. The molecule has 4 aromatic rings. The highest BCUT2D eigenvalue weighted by atomic mass is 127. The fourth-order valence-corrected chi connectivity index (χ4v) is 3.67. The molecule has 0 atom stereocenters. The van der Waals surface area contributed by atoms with Crippen molar-refractivity contribution in [2.24, 2.45) is 0 Å². The number of aliphatic carboxylic acids is 1. The number of nitrogens with zero attached hydrogens (tertiary/aromatic N) is 3. The van der Waals surface area contributed by atoms with Crippen molar-refractivity contribution in [3.05, 3.63) is 58.3 Å². The predicted octanol–water partition coefficient (Wildman–Crippen LogP) is 3.94. The molecule has 0 aliphatic rings. The number of para-hydroxylation sites is 1. The van der Waals surface area contributed by atoms with Gasteiger partial charge in [0, 0.05) is 26.1 Å². The number of carboxylic acid groups (broad SMARTS) is 1. The summed E-state index contributed by atoms with van der Waals surface area (Å²) in [4.78, 5) is 15.6. The van der Waals surface area contributed by atoms with Crippen molar-refractivity contribution in [1.82, 2.24) is 14.8 Å². The van der Waals surface area contributed by atoms with E-state index in [0.717, 1.165) is 36.6 Å². The fourth-order valence-electron chi connectivity index (χ4n) is 2.93. The van der Waals surface area contributed by atoms with E-state index in [4.69, 9.17) is 0 Å². The Bertz CT molecular complexity index is 1080. The summed E-state index contributed by atoms with van der Waals surface area (Å²) in [7, 11) is 0. The molecule has 2 heterocycles. The van der Waals surface area contributed by atoms with E-state index in [9.17, 15) is 9.90 Å². The van der Waals surface area contributed by atoms with Gasteiger partial charge in [0.15, 0.2) is 0 Å². The quantitative estimate of drug-likeness (QED) is 0.501. The molecule has 6 heteroatoms. The molecule has 0 spiro atoms. The summed E-state index contributed by atoms with van der Waals surface area (Å²) >= 11 is 2.26. The molecule has 0 aliphatic carbocycles. The molecule has 0 saturated heterocycles. The molecule has 24 heavy (non-hydrogen) atoms. The van der Waals surface area contributed by atoms with Crippen molar-refractivity contribution >= 4 is 50.4 Å². The van der Waals surface area contributed by atoms with E-state index >= 15 is 0 Å². The van der Waals surface area contributed by atoms with Gasteiger partial charge in [-0.25, -0.2) is 0 Å². The number of fused-ring (bicyclic) bond motifs is 2. The van der Waals surface area contributed by atoms with Gasteiger partial charge >= 0.3 is 5.97 Å². The molecule has 0 radical (unpaired) electrons. The van der Waals surface area contributed by atoms with Gasteiger partial charge in [-0.3, -0.25) is 14.5 Å². The van der Waals surface area contributed by atoms with Crippen LogP contribution in [-0.2, 0) is 11.3 Å². The minimum absolute atomic E-state index is 0.167. The van der Waals surface area contributed by atoms with Gasteiger partial charge in [0.25, 0.3) is 0 Å². The van der Waals surface area contributed by atoms with Crippen LogP contribution in [0.1, 0.15) is 0 Å². The van der Waals surface area contributed by atoms with Crippen LogP contribution in [0.4, 0.5) is 0 Å². The Morgan fingerprint density at radius 1 is 1.12 bits per heavy atom. The molecule has 2 aromatic carbocycles. The lowest BCUT2D eigenvalue weighted by Crippen LogP contribution is -2.09. The molecule has 2 aromatic heterocycles. The maximum absolute atomic E-state index is 11.2. The highest BCUT2D eigenvalue weighted by Gasteiger charge is 2.18. The number of hydrogen-bond donors (Lipinski definition) is 1. The zero-order chi connectivity index (χ0) is 16.7. The smallest absolute Gasteiger partial charge is 0.325 e. The van der Waals surface area contributed by atoms with Crippen LogP contribution < -0.4 is 0 Å². The fraction of sp³-hybridized carbons (Fsp3) is 0.0556. The van der Waals surface area contributed by atoms with Gasteiger partial charge in [-0.15, -0.1) is 0 Å². The molecule has 0 aliphatic heterocycles. The Balaban J connectivity index is 2.08. The highest BCUT2D eigenvalue weighted by molar-refractivity contribution is 14.1. The van der Waals surface area contributed by atoms with Crippen LogP contribution in [0.25, 0.3) is 33.1 Å². The van der Waals surface area contributed by atoms with Gasteiger partial charge in [-0.1, -0.05) is 24.3 Å². The van der Waals surface area contributed by atoms with E-state index in [2.05, 4.69) is 32.7 Å². The number of carboxylic acids is 1. The van der Waals surface area contributed by atoms with Crippen molar-refractivity contribution in [3.8, 4) is 11.3 Å². The lowest BCUT2D eigenvalue weighted by Gasteiger charge is -2.04. The summed E-state index contributed by atoms with van der Waals surface area (Å²) in [6.07, 6.45) is 1.76. The average Bonchev–Trinajstić information content (AvgIpc) is 2.93. The zero-order valence-electron chi connectivity index (χ0n) is 12.5. The Morgan fingerprint density at radius 2 is 1.96 bits per heavy atom. The maximum atomic E-state index is 11.2. The largest absolute Gasteiger partial charge is 0.480 e. The van der Waals surface area contributed by atoms with Crippen LogP contribution in [0.15, 0.2) is 54.7 Å². The number of pyridine rings is 1. The Morgan fingerprint density at radius 3 is 2.79 bits per heavy atom. The zero-order valence-corrected chi connectivity index (χ0v) is 14.6. The normalized spacial score (nSPS) is 11.2. The second-order valence-electron chi connectivity index (χ2n) is 5.41. The van der Waals surface area contributed by atoms with Crippen molar-refractivity contribution in [1.29, 1.82) is 0 Å². The lowest BCUT2D eigenvalue weighted by atomic mass is 10.0. The van der Waals surface area contributed by atoms with E-state index < -0.39 is 5.97 Å². The second-order valence-corrected chi connectivity index (χ2v) is 6.57. The first-order valence-corrected chi connectivity index (χ1v) is 8.44. The summed E-state index contributed by atoms with van der Waals surface area (Å²) in [6, 6.07) is 15.6. The maximum Gasteiger partial charge on any atom is 0.325 e. The van der Waals surface area contributed by atoms with Gasteiger partial charge in [0.05, 0.1) is 11.0 Å². The highest BCUT2D eigenvalue weighted by Crippen LogP contribution is 2.34. The monoisotopic (exact) mass is 429 g/mol. The summed E-state index contributed by atoms with van der Waals surface area (Å²) in [6.45, 7) is -0.167. The van der Waals surface area contributed by atoms with E-state index in [1.807, 2.05) is 48.5 Å². The first-order valence-electron chi connectivity index (χ1n) is 7.36.